The predicted molar refractivity (Wildman–Crippen MR) is 140 cm³/mol. The Morgan fingerprint density at radius 1 is 1.26 bits per heavy atom. The van der Waals surface area contributed by atoms with Crippen LogP contribution in [-0.4, -0.2) is 88.5 Å². The van der Waals surface area contributed by atoms with Crippen molar-refractivity contribution in [1.82, 2.24) is 24.9 Å². The van der Waals surface area contributed by atoms with Gasteiger partial charge in [-0.05, 0) is 19.8 Å². The molecule has 0 spiro atoms. The summed E-state index contributed by atoms with van der Waals surface area (Å²) in [6.07, 6.45) is 10.7. The number of morpholine rings is 1. The first-order chi connectivity index (χ1) is 14.7. The lowest BCUT2D eigenvalue weighted by Crippen LogP contribution is -2.56. The van der Waals surface area contributed by atoms with Gasteiger partial charge in [-0.1, -0.05) is 19.3 Å². The normalized spacial score (nSPS) is 25.2. The van der Waals surface area contributed by atoms with Crippen molar-refractivity contribution in [1.29, 1.82) is 0 Å². The van der Waals surface area contributed by atoms with Gasteiger partial charge < -0.3 is 15.0 Å². The molecule has 1 N–H and O–H groups in total. The molecule has 1 aliphatic carbocycles. The van der Waals surface area contributed by atoms with E-state index in [1.807, 2.05) is 17.9 Å². The second-order valence-electron chi connectivity index (χ2n) is 8.81. The monoisotopic (exact) mass is 562 g/mol. The van der Waals surface area contributed by atoms with Crippen LogP contribution in [0.4, 0.5) is 0 Å². The summed E-state index contributed by atoms with van der Waals surface area (Å²) in [7, 11) is 1.96. The number of hydrogen-bond donors (Lipinski definition) is 1. The highest BCUT2D eigenvalue weighted by Crippen LogP contribution is 2.35. The van der Waals surface area contributed by atoms with Crippen LogP contribution in [0.2, 0.25) is 0 Å². The lowest BCUT2D eigenvalue weighted by Gasteiger charge is -2.47. The van der Waals surface area contributed by atoms with E-state index in [1.54, 1.807) is 0 Å². The van der Waals surface area contributed by atoms with Crippen molar-refractivity contribution in [2.75, 3.05) is 57.4 Å². The van der Waals surface area contributed by atoms with E-state index in [0.29, 0.717) is 0 Å². The Bertz CT molecular complexity index is 702. The van der Waals surface area contributed by atoms with Crippen molar-refractivity contribution in [3.05, 3.63) is 18.0 Å². The number of hydrogen-bond acceptors (Lipinski definition) is 5. The zero-order valence-electron chi connectivity index (χ0n) is 19.1. The molecule has 7 nitrogen and oxygen atoms in total. The standard InChI is InChI=1S/C22H38N6OS.HI/c1-3-23-21(27-9-12-29-20(17-27)19-15-25-26(2)16-19)24-18-22(7-5-4-6-8-22)28-10-13-30-14-11-28;/h15-16,20H,3-14,17-18H2,1-2H3,(H,23,24);1H. The van der Waals surface area contributed by atoms with Crippen molar-refractivity contribution in [2.45, 2.75) is 50.7 Å². The smallest absolute Gasteiger partial charge is 0.194 e. The highest BCUT2D eigenvalue weighted by molar-refractivity contribution is 14.0. The van der Waals surface area contributed by atoms with E-state index in [-0.39, 0.29) is 35.6 Å². The molecule has 3 aliphatic rings. The van der Waals surface area contributed by atoms with Crippen molar-refractivity contribution in [2.24, 2.45) is 12.0 Å². The van der Waals surface area contributed by atoms with Crippen LogP contribution in [0.25, 0.3) is 0 Å². The van der Waals surface area contributed by atoms with Gasteiger partial charge in [0, 0.05) is 62.0 Å². The van der Waals surface area contributed by atoms with Crippen molar-refractivity contribution >= 4 is 41.7 Å². The molecule has 0 radical (unpaired) electrons. The maximum Gasteiger partial charge on any atom is 0.194 e. The van der Waals surface area contributed by atoms with Crippen LogP contribution >= 0.6 is 35.7 Å². The quantitative estimate of drug-likeness (QED) is 0.338. The Kier molecular flexibility index (Phi) is 9.79. The number of guanidine groups is 1. The fraction of sp³-hybridized carbons (Fsp3) is 0.818. The van der Waals surface area contributed by atoms with E-state index >= 15 is 0 Å². The van der Waals surface area contributed by atoms with E-state index < -0.39 is 0 Å². The van der Waals surface area contributed by atoms with Crippen LogP contribution in [0.1, 0.15) is 50.7 Å². The maximum atomic E-state index is 6.06. The summed E-state index contributed by atoms with van der Waals surface area (Å²) in [6.45, 7) is 8.83. The molecule has 31 heavy (non-hydrogen) atoms. The Labute approximate surface area is 208 Å². The third kappa shape index (κ3) is 6.29. The second-order valence-corrected chi connectivity index (χ2v) is 10.0. The van der Waals surface area contributed by atoms with Gasteiger partial charge in [-0.15, -0.1) is 24.0 Å². The SMILES string of the molecule is CCNC(=NCC1(N2CCSCC2)CCCCC1)N1CCOC(c2cnn(C)c2)C1.I. The predicted octanol–water partition coefficient (Wildman–Crippen LogP) is 3.13. The summed E-state index contributed by atoms with van der Waals surface area (Å²) in [5.41, 5.74) is 1.40. The Morgan fingerprint density at radius 2 is 2.03 bits per heavy atom. The van der Waals surface area contributed by atoms with E-state index in [1.165, 1.54) is 56.7 Å². The summed E-state index contributed by atoms with van der Waals surface area (Å²) in [6, 6.07) is 0. The van der Waals surface area contributed by atoms with E-state index in [2.05, 4.69) is 45.1 Å². The molecule has 2 aliphatic heterocycles. The van der Waals surface area contributed by atoms with Gasteiger partial charge in [0.2, 0.25) is 0 Å². The lowest BCUT2D eigenvalue weighted by atomic mass is 9.80. The van der Waals surface area contributed by atoms with Crippen LogP contribution in [0, 0.1) is 0 Å². The number of aliphatic imine (C=N–C) groups is 1. The minimum Gasteiger partial charge on any atom is -0.370 e. The molecule has 176 valence electrons. The first kappa shape index (κ1) is 25.1. The largest absolute Gasteiger partial charge is 0.370 e. The van der Waals surface area contributed by atoms with E-state index in [9.17, 15) is 0 Å². The number of rotatable bonds is 5. The molecule has 0 amide bonds. The minimum absolute atomic E-state index is 0. The average molecular weight is 563 g/mol. The average Bonchev–Trinajstić information content (AvgIpc) is 3.24. The molecule has 9 heteroatoms. The first-order valence-electron chi connectivity index (χ1n) is 11.7. The van der Waals surface area contributed by atoms with Crippen LogP contribution < -0.4 is 5.32 Å². The third-order valence-electron chi connectivity index (χ3n) is 6.79. The van der Waals surface area contributed by atoms with Gasteiger partial charge in [-0.2, -0.15) is 16.9 Å². The molecule has 1 unspecified atom stereocenters. The summed E-state index contributed by atoms with van der Waals surface area (Å²) in [5, 5.41) is 7.89. The van der Waals surface area contributed by atoms with Gasteiger partial charge >= 0.3 is 0 Å². The summed E-state index contributed by atoms with van der Waals surface area (Å²) in [5.74, 6) is 3.58. The molecule has 0 bridgehead atoms. The zero-order valence-corrected chi connectivity index (χ0v) is 22.2. The Morgan fingerprint density at radius 3 is 2.71 bits per heavy atom. The molecular weight excluding hydrogens is 523 g/mol. The van der Waals surface area contributed by atoms with Crippen LogP contribution in [0.3, 0.4) is 0 Å². The van der Waals surface area contributed by atoms with Gasteiger partial charge in [0.25, 0.3) is 0 Å². The van der Waals surface area contributed by atoms with Crippen molar-refractivity contribution in [3.63, 3.8) is 0 Å². The lowest BCUT2D eigenvalue weighted by molar-refractivity contribution is -0.00827. The molecule has 4 rings (SSSR count). The first-order valence-corrected chi connectivity index (χ1v) is 12.8. The van der Waals surface area contributed by atoms with Crippen LogP contribution in [0.15, 0.2) is 17.4 Å². The Balaban J connectivity index is 0.00000272. The second kappa shape index (κ2) is 12.1. The topological polar surface area (TPSA) is 57.9 Å². The van der Waals surface area contributed by atoms with Gasteiger partial charge in [0.15, 0.2) is 5.96 Å². The highest BCUT2D eigenvalue weighted by atomic mass is 127. The summed E-state index contributed by atoms with van der Waals surface area (Å²) in [4.78, 5) is 10.4. The molecule has 0 aromatic carbocycles. The van der Waals surface area contributed by atoms with Gasteiger partial charge in [0.05, 0.1) is 25.9 Å². The fourth-order valence-electron chi connectivity index (χ4n) is 5.12. The van der Waals surface area contributed by atoms with E-state index in [0.717, 1.165) is 44.3 Å². The van der Waals surface area contributed by atoms with Crippen molar-refractivity contribution < 1.29 is 4.74 Å². The summed E-state index contributed by atoms with van der Waals surface area (Å²) >= 11 is 2.10. The molecule has 2 saturated heterocycles. The molecule has 3 fully saturated rings. The number of nitrogens with one attached hydrogen (secondary N) is 1. The van der Waals surface area contributed by atoms with Gasteiger partial charge in [-0.25, -0.2) is 0 Å². The number of aryl methyl sites for hydroxylation is 1. The van der Waals surface area contributed by atoms with Gasteiger partial charge in [-0.3, -0.25) is 14.6 Å². The molecular formula is C22H39IN6OS. The molecule has 1 saturated carbocycles. The van der Waals surface area contributed by atoms with Gasteiger partial charge in [0.1, 0.15) is 6.10 Å². The maximum absolute atomic E-state index is 6.06. The molecule has 3 heterocycles. The zero-order chi connectivity index (χ0) is 20.8. The van der Waals surface area contributed by atoms with Crippen molar-refractivity contribution in [3.8, 4) is 0 Å². The molecule has 1 atom stereocenters. The van der Waals surface area contributed by atoms with Crippen LogP contribution in [-0.2, 0) is 11.8 Å². The molecule has 1 aromatic heterocycles. The van der Waals surface area contributed by atoms with E-state index in [4.69, 9.17) is 9.73 Å². The minimum atomic E-state index is 0. The number of aromatic nitrogens is 2. The number of ether oxygens (including phenoxy) is 1. The highest BCUT2D eigenvalue weighted by Gasteiger charge is 2.38. The summed E-state index contributed by atoms with van der Waals surface area (Å²) < 4.78 is 7.90. The van der Waals surface area contributed by atoms with Crippen LogP contribution in [0.5, 0.6) is 0 Å². The molecule has 1 aromatic rings. The Hall–Kier alpha value is -0.520. The third-order valence-corrected chi connectivity index (χ3v) is 7.73. The fourth-order valence-corrected chi connectivity index (χ4v) is 6.02. The number of halogens is 1. The number of nitrogens with zero attached hydrogens (tertiary/aromatic N) is 5. The number of thioether (sulfide) groups is 1.